The van der Waals surface area contributed by atoms with Crippen LogP contribution in [0, 0.1) is 11.8 Å². The second-order valence-electron chi connectivity index (χ2n) is 26.7. The quantitative estimate of drug-likeness (QED) is 0.0222. The van der Waals surface area contributed by atoms with Gasteiger partial charge in [-0.05, 0) is 37.5 Å². The number of phosphoric ester groups is 2. The summed E-state index contributed by atoms with van der Waals surface area (Å²) in [7, 11) is -9.90. The average Bonchev–Trinajstić information content (AvgIpc) is 3.28. The van der Waals surface area contributed by atoms with Gasteiger partial charge < -0.3 is 33.8 Å². The van der Waals surface area contributed by atoms with E-state index in [1.54, 1.807) is 0 Å². The van der Waals surface area contributed by atoms with Crippen LogP contribution in [-0.2, 0) is 65.4 Å². The number of carbonyl (C=O) groups excluding carboxylic acids is 4. The monoisotopic (exact) mass is 1340 g/mol. The van der Waals surface area contributed by atoms with Gasteiger partial charge in [0.25, 0.3) is 0 Å². The normalized spacial score (nSPS) is 14.4. The summed E-state index contributed by atoms with van der Waals surface area (Å²) in [5.41, 5.74) is 0. The highest BCUT2D eigenvalue weighted by Crippen LogP contribution is 2.45. The molecular formula is C72H140O17P2. The first kappa shape index (κ1) is 89.1. The molecule has 19 heteroatoms. The van der Waals surface area contributed by atoms with Gasteiger partial charge in [-0.15, -0.1) is 0 Å². The SMILES string of the molecule is CCCCCCCCCCCCCCCC(=O)OC[C@H](COP(=O)(O)OC[C@@H](O)COP(=O)(O)OC[C@@H](COC(=O)CCCCCCCCC(C)C)OC(=O)CCCCCCCCCCCCC)OC(=O)CCCCCCCCCCCCCCCCC(C)CC. The van der Waals surface area contributed by atoms with Gasteiger partial charge in [0.05, 0.1) is 26.4 Å². The predicted molar refractivity (Wildman–Crippen MR) is 368 cm³/mol. The lowest BCUT2D eigenvalue weighted by atomic mass is 9.99. The third-order valence-corrected chi connectivity index (χ3v) is 19.0. The fraction of sp³-hybridized carbons (Fsp3) is 0.944. The van der Waals surface area contributed by atoms with Gasteiger partial charge in [0.15, 0.2) is 12.2 Å². The Morgan fingerprint density at radius 3 is 0.835 bits per heavy atom. The van der Waals surface area contributed by atoms with E-state index in [1.807, 2.05) is 0 Å². The van der Waals surface area contributed by atoms with E-state index >= 15 is 0 Å². The Labute approximate surface area is 556 Å². The number of aliphatic hydroxyl groups excluding tert-OH is 1. The zero-order valence-corrected chi connectivity index (χ0v) is 60.9. The summed E-state index contributed by atoms with van der Waals surface area (Å²) in [6.45, 7) is 9.53. The Balaban J connectivity index is 5.22. The van der Waals surface area contributed by atoms with Gasteiger partial charge in [0, 0.05) is 25.7 Å². The second-order valence-corrected chi connectivity index (χ2v) is 29.6. The first-order valence-electron chi connectivity index (χ1n) is 37.5. The fourth-order valence-corrected chi connectivity index (χ4v) is 12.5. The van der Waals surface area contributed by atoms with Crippen molar-refractivity contribution in [2.24, 2.45) is 11.8 Å². The largest absolute Gasteiger partial charge is 0.472 e. The molecule has 91 heavy (non-hydrogen) atoms. The van der Waals surface area contributed by atoms with E-state index in [0.29, 0.717) is 31.6 Å². The lowest BCUT2D eigenvalue weighted by molar-refractivity contribution is -0.161. The summed E-state index contributed by atoms with van der Waals surface area (Å²) in [5, 5.41) is 10.6. The number of ether oxygens (including phenoxy) is 4. The Morgan fingerprint density at radius 2 is 0.560 bits per heavy atom. The molecule has 0 aliphatic carbocycles. The molecule has 3 unspecified atom stereocenters. The Morgan fingerprint density at radius 1 is 0.319 bits per heavy atom. The molecule has 0 radical (unpaired) electrons. The van der Waals surface area contributed by atoms with Crippen LogP contribution in [0.2, 0.25) is 0 Å². The molecule has 0 rings (SSSR count). The zero-order chi connectivity index (χ0) is 67.2. The van der Waals surface area contributed by atoms with Crippen LogP contribution in [0.4, 0.5) is 0 Å². The van der Waals surface area contributed by atoms with Gasteiger partial charge in [-0.3, -0.25) is 37.3 Å². The minimum Gasteiger partial charge on any atom is -0.462 e. The number of aliphatic hydroxyl groups is 1. The summed E-state index contributed by atoms with van der Waals surface area (Å²) in [6, 6.07) is 0. The van der Waals surface area contributed by atoms with E-state index in [9.17, 15) is 43.2 Å². The molecule has 0 aromatic carbocycles. The predicted octanol–water partition coefficient (Wildman–Crippen LogP) is 20.8. The Hall–Kier alpha value is -1.94. The number of esters is 4. The summed E-state index contributed by atoms with van der Waals surface area (Å²) in [4.78, 5) is 72.6. The first-order valence-corrected chi connectivity index (χ1v) is 40.5. The van der Waals surface area contributed by atoms with Crippen molar-refractivity contribution in [2.45, 2.75) is 387 Å². The third-order valence-electron chi connectivity index (χ3n) is 17.1. The van der Waals surface area contributed by atoms with Crippen LogP contribution in [0.3, 0.4) is 0 Å². The van der Waals surface area contributed by atoms with Crippen LogP contribution in [0.5, 0.6) is 0 Å². The molecule has 0 aromatic heterocycles. The molecular weight excluding hydrogens is 1200 g/mol. The van der Waals surface area contributed by atoms with Crippen LogP contribution >= 0.6 is 15.6 Å². The average molecular weight is 1340 g/mol. The molecule has 0 heterocycles. The van der Waals surface area contributed by atoms with E-state index in [2.05, 4.69) is 41.5 Å². The molecule has 0 amide bonds. The number of rotatable bonds is 71. The van der Waals surface area contributed by atoms with Gasteiger partial charge in [0.2, 0.25) is 0 Å². The highest BCUT2D eigenvalue weighted by Gasteiger charge is 2.30. The van der Waals surface area contributed by atoms with Crippen LogP contribution in [-0.4, -0.2) is 96.7 Å². The maximum Gasteiger partial charge on any atom is 0.472 e. The number of phosphoric acid groups is 2. The van der Waals surface area contributed by atoms with Gasteiger partial charge in [0.1, 0.15) is 19.3 Å². The molecule has 0 spiro atoms. The van der Waals surface area contributed by atoms with E-state index in [4.69, 9.17) is 37.0 Å². The van der Waals surface area contributed by atoms with Crippen molar-refractivity contribution in [1.82, 2.24) is 0 Å². The molecule has 0 bridgehead atoms. The maximum atomic E-state index is 13.0. The molecule has 0 aliphatic heterocycles. The van der Waals surface area contributed by atoms with Crippen LogP contribution < -0.4 is 0 Å². The van der Waals surface area contributed by atoms with E-state index in [1.165, 1.54) is 180 Å². The minimum absolute atomic E-state index is 0.106. The van der Waals surface area contributed by atoms with Crippen molar-refractivity contribution >= 4 is 39.5 Å². The molecule has 17 nitrogen and oxygen atoms in total. The summed E-state index contributed by atoms with van der Waals surface area (Å²) < 4.78 is 68.3. The van der Waals surface area contributed by atoms with Crippen molar-refractivity contribution in [3.8, 4) is 0 Å². The summed E-state index contributed by atoms with van der Waals surface area (Å²) in [5.74, 6) is -0.596. The van der Waals surface area contributed by atoms with Crippen molar-refractivity contribution in [3.63, 3.8) is 0 Å². The number of hydrogen-bond acceptors (Lipinski definition) is 15. The highest BCUT2D eigenvalue weighted by atomic mass is 31.2. The number of unbranched alkanes of at least 4 members (excludes halogenated alkanes) is 40. The van der Waals surface area contributed by atoms with Gasteiger partial charge >= 0.3 is 39.5 Å². The molecule has 3 N–H and O–H groups in total. The minimum atomic E-state index is -4.95. The van der Waals surface area contributed by atoms with E-state index in [-0.39, 0.29) is 25.7 Å². The zero-order valence-electron chi connectivity index (χ0n) is 59.1. The van der Waals surface area contributed by atoms with Crippen molar-refractivity contribution in [1.29, 1.82) is 0 Å². The topological polar surface area (TPSA) is 237 Å². The molecule has 0 saturated carbocycles. The summed E-state index contributed by atoms with van der Waals surface area (Å²) in [6.07, 6.45) is 49.9. The van der Waals surface area contributed by atoms with Gasteiger partial charge in [-0.2, -0.15) is 0 Å². The Kier molecular flexibility index (Phi) is 62.7. The van der Waals surface area contributed by atoms with Crippen LogP contribution in [0.25, 0.3) is 0 Å². The van der Waals surface area contributed by atoms with Gasteiger partial charge in [-0.25, -0.2) is 9.13 Å². The van der Waals surface area contributed by atoms with E-state index < -0.39 is 97.5 Å². The van der Waals surface area contributed by atoms with Crippen LogP contribution in [0.15, 0.2) is 0 Å². The second kappa shape index (κ2) is 64.1. The number of hydrogen-bond donors (Lipinski definition) is 3. The smallest absolute Gasteiger partial charge is 0.462 e. The van der Waals surface area contributed by atoms with E-state index in [0.717, 1.165) is 102 Å². The lowest BCUT2D eigenvalue weighted by Crippen LogP contribution is -2.30. The van der Waals surface area contributed by atoms with Gasteiger partial charge in [-0.1, -0.05) is 318 Å². The van der Waals surface area contributed by atoms with Crippen molar-refractivity contribution < 1.29 is 80.2 Å². The maximum absolute atomic E-state index is 13.0. The molecule has 0 aromatic rings. The van der Waals surface area contributed by atoms with Crippen LogP contribution in [0.1, 0.15) is 369 Å². The fourth-order valence-electron chi connectivity index (χ4n) is 10.9. The molecule has 6 atom stereocenters. The first-order chi connectivity index (χ1) is 43.9. The number of carbonyl (C=O) groups is 4. The van der Waals surface area contributed by atoms with Crippen molar-refractivity contribution in [2.75, 3.05) is 39.6 Å². The standard InChI is InChI=1S/C72H140O17P2/c1-7-10-12-14-16-18-20-23-28-31-35-42-48-54-69(74)82-60-67(88-72(77)57-51-45-37-33-29-25-22-21-24-27-30-34-41-47-53-65(6)9-3)62-86-90(78,79)84-58-66(73)59-85-91(80,81)87-63-68(61-83-70(75)55-49-43-39-38-40-46-52-64(4)5)89-71(76)56-50-44-36-32-26-19-17-15-13-11-8-2/h64-68,73H,7-63H2,1-6H3,(H,78,79)(H,80,81)/t65?,66-,67-,68-/m1/s1. The molecule has 0 fully saturated rings. The Bertz CT molecular complexity index is 1770. The highest BCUT2D eigenvalue weighted by molar-refractivity contribution is 7.47. The van der Waals surface area contributed by atoms with Crippen molar-refractivity contribution in [3.05, 3.63) is 0 Å². The lowest BCUT2D eigenvalue weighted by Gasteiger charge is -2.21. The summed E-state index contributed by atoms with van der Waals surface area (Å²) >= 11 is 0. The molecule has 0 aliphatic rings. The molecule has 540 valence electrons. The third kappa shape index (κ3) is 65.1. The molecule has 0 saturated heterocycles.